The van der Waals surface area contributed by atoms with E-state index in [0.29, 0.717) is 34.7 Å². The maximum Gasteiger partial charge on any atom is 0.262 e. The van der Waals surface area contributed by atoms with Crippen LogP contribution in [-0.2, 0) is 10.0 Å². The van der Waals surface area contributed by atoms with Crippen molar-refractivity contribution in [3.05, 3.63) is 47.9 Å². The fourth-order valence-corrected chi connectivity index (χ4v) is 3.86. The predicted molar refractivity (Wildman–Crippen MR) is 91.9 cm³/mol. The first-order valence-electron chi connectivity index (χ1n) is 7.51. The van der Waals surface area contributed by atoms with Crippen LogP contribution < -0.4 is 9.46 Å². The van der Waals surface area contributed by atoms with Gasteiger partial charge in [0.25, 0.3) is 10.0 Å². The number of sulfonamides is 1. The summed E-state index contributed by atoms with van der Waals surface area (Å²) in [5.41, 5.74) is 3.03. The van der Waals surface area contributed by atoms with Gasteiger partial charge < -0.3 is 9.15 Å². The minimum absolute atomic E-state index is 0.226. The number of ether oxygens (including phenoxy) is 1. The van der Waals surface area contributed by atoms with Gasteiger partial charge in [0, 0.05) is 0 Å². The third-order valence-corrected chi connectivity index (χ3v) is 5.17. The molecule has 7 heteroatoms. The van der Waals surface area contributed by atoms with Gasteiger partial charge >= 0.3 is 0 Å². The van der Waals surface area contributed by atoms with Crippen LogP contribution in [0.4, 0.5) is 5.69 Å². The Morgan fingerprint density at radius 1 is 1.17 bits per heavy atom. The van der Waals surface area contributed by atoms with Crippen LogP contribution in [0, 0.1) is 13.8 Å². The van der Waals surface area contributed by atoms with Crippen LogP contribution in [0.25, 0.3) is 11.1 Å². The van der Waals surface area contributed by atoms with Crippen molar-refractivity contribution in [2.24, 2.45) is 0 Å². The molecule has 0 bridgehead atoms. The maximum absolute atomic E-state index is 12.7. The van der Waals surface area contributed by atoms with Gasteiger partial charge in [0.15, 0.2) is 12.0 Å². The van der Waals surface area contributed by atoms with Crippen LogP contribution in [0.15, 0.2) is 46.0 Å². The summed E-state index contributed by atoms with van der Waals surface area (Å²) in [6, 6.07) is 8.32. The summed E-state index contributed by atoms with van der Waals surface area (Å²) in [7, 11) is -3.71. The van der Waals surface area contributed by atoms with Crippen LogP contribution in [-0.4, -0.2) is 20.0 Å². The molecule has 0 amide bonds. The first kappa shape index (κ1) is 16.3. The zero-order chi connectivity index (χ0) is 17.3. The third-order valence-electron chi connectivity index (χ3n) is 3.64. The number of fused-ring (bicyclic) bond motifs is 1. The number of oxazole rings is 1. The Hall–Kier alpha value is -2.54. The number of hydrogen-bond donors (Lipinski definition) is 1. The average molecular weight is 346 g/mol. The highest BCUT2D eigenvalue weighted by molar-refractivity contribution is 7.92. The Bertz CT molecular complexity index is 993. The molecule has 2 aromatic carbocycles. The highest BCUT2D eigenvalue weighted by Crippen LogP contribution is 2.28. The van der Waals surface area contributed by atoms with Crippen molar-refractivity contribution in [3.8, 4) is 5.75 Å². The largest absolute Gasteiger partial charge is 0.494 e. The Labute approximate surface area is 140 Å². The maximum atomic E-state index is 12.7. The summed E-state index contributed by atoms with van der Waals surface area (Å²) in [6.45, 7) is 5.99. The first-order valence-corrected chi connectivity index (χ1v) is 8.99. The molecular formula is C17H18N2O4S. The van der Waals surface area contributed by atoms with Gasteiger partial charge in [-0.15, -0.1) is 0 Å². The van der Waals surface area contributed by atoms with Crippen molar-refractivity contribution in [1.29, 1.82) is 0 Å². The smallest absolute Gasteiger partial charge is 0.262 e. The number of benzene rings is 2. The molecule has 0 saturated carbocycles. The standard InChI is InChI=1S/C17H18N2O4S/c1-4-22-16-7-12(3)17(8-11(16)2)24(20,21)19-13-5-6-15-14(9-13)18-10-23-15/h5-10,19H,4H2,1-3H3. The van der Waals surface area contributed by atoms with Gasteiger partial charge in [-0.25, -0.2) is 13.4 Å². The molecule has 0 aliphatic carbocycles. The van der Waals surface area contributed by atoms with E-state index in [1.54, 1.807) is 37.3 Å². The Balaban J connectivity index is 1.96. The molecule has 6 nitrogen and oxygen atoms in total. The second-order valence-corrected chi connectivity index (χ2v) is 7.11. The monoisotopic (exact) mass is 346 g/mol. The van der Waals surface area contributed by atoms with Crippen LogP contribution in [0.5, 0.6) is 5.75 Å². The molecule has 0 saturated heterocycles. The van der Waals surface area contributed by atoms with Crippen molar-refractivity contribution in [3.63, 3.8) is 0 Å². The van der Waals surface area contributed by atoms with E-state index in [9.17, 15) is 8.42 Å². The number of rotatable bonds is 5. The second kappa shape index (κ2) is 6.16. The molecule has 0 spiro atoms. The molecule has 3 rings (SSSR count). The summed E-state index contributed by atoms with van der Waals surface area (Å²) in [4.78, 5) is 4.25. The van der Waals surface area contributed by atoms with Crippen molar-refractivity contribution in [2.75, 3.05) is 11.3 Å². The zero-order valence-electron chi connectivity index (χ0n) is 13.7. The lowest BCUT2D eigenvalue weighted by atomic mass is 10.1. The Kier molecular flexibility index (Phi) is 4.19. The Morgan fingerprint density at radius 2 is 1.96 bits per heavy atom. The van der Waals surface area contributed by atoms with Crippen molar-refractivity contribution in [1.82, 2.24) is 4.98 Å². The third kappa shape index (κ3) is 3.07. The second-order valence-electron chi connectivity index (χ2n) is 5.46. The van der Waals surface area contributed by atoms with Crippen LogP contribution in [0.1, 0.15) is 18.1 Å². The van der Waals surface area contributed by atoms with E-state index in [1.165, 1.54) is 6.39 Å². The topological polar surface area (TPSA) is 81.4 Å². The van der Waals surface area contributed by atoms with Crippen molar-refractivity contribution < 1.29 is 17.6 Å². The summed E-state index contributed by atoms with van der Waals surface area (Å²) in [5.74, 6) is 0.693. The van der Waals surface area contributed by atoms with Crippen molar-refractivity contribution in [2.45, 2.75) is 25.7 Å². The number of nitrogens with zero attached hydrogens (tertiary/aromatic N) is 1. The van der Waals surface area contributed by atoms with Crippen LogP contribution in [0.3, 0.4) is 0 Å². The molecule has 0 fully saturated rings. The minimum Gasteiger partial charge on any atom is -0.494 e. The van der Waals surface area contributed by atoms with Gasteiger partial charge in [0.1, 0.15) is 11.3 Å². The quantitative estimate of drug-likeness (QED) is 0.763. The highest BCUT2D eigenvalue weighted by Gasteiger charge is 2.19. The molecule has 1 heterocycles. The van der Waals surface area contributed by atoms with E-state index in [1.807, 2.05) is 13.8 Å². The lowest BCUT2D eigenvalue weighted by Gasteiger charge is -2.14. The summed E-state index contributed by atoms with van der Waals surface area (Å²) >= 11 is 0. The first-order chi connectivity index (χ1) is 11.4. The molecule has 126 valence electrons. The van der Waals surface area contributed by atoms with E-state index >= 15 is 0 Å². The highest BCUT2D eigenvalue weighted by atomic mass is 32.2. The molecule has 1 N–H and O–H groups in total. The molecule has 0 radical (unpaired) electrons. The number of anilines is 1. The van der Waals surface area contributed by atoms with E-state index in [2.05, 4.69) is 9.71 Å². The van der Waals surface area contributed by atoms with Gasteiger partial charge in [0.2, 0.25) is 0 Å². The van der Waals surface area contributed by atoms with E-state index in [0.717, 1.165) is 5.56 Å². The molecule has 1 aromatic heterocycles. The van der Waals surface area contributed by atoms with Gasteiger partial charge in [-0.3, -0.25) is 4.72 Å². The lowest BCUT2D eigenvalue weighted by Crippen LogP contribution is -2.14. The van der Waals surface area contributed by atoms with Gasteiger partial charge in [-0.1, -0.05) is 0 Å². The number of aromatic nitrogens is 1. The van der Waals surface area contributed by atoms with Crippen LogP contribution >= 0.6 is 0 Å². The van der Waals surface area contributed by atoms with Gasteiger partial charge in [-0.2, -0.15) is 0 Å². The summed E-state index contributed by atoms with van der Waals surface area (Å²) in [5, 5.41) is 0. The molecule has 0 atom stereocenters. The lowest BCUT2D eigenvalue weighted by molar-refractivity contribution is 0.337. The fraction of sp³-hybridized carbons (Fsp3) is 0.235. The van der Waals surface area contributed by atoms with Crippen LogP contribution in [0.2, 0.25) is 0 Å². The zero-order valence-corrected chi connectivity index (χ0v) is 14.5. The fourth-order valence-electron chi connectivity index (χ4n) is 2.50. The van der Waals surface area contributed by atoms with E-state index in [4.69, 9.17) is 9.15 Å². The molecule has 0 aliphatic heterocycles. The normalized spacial score (nSPS) is 11.6. The Morgan fingerprint density at radius 3 is 2.71 bits per heavy atom. The average Bonchev–Trinajstić information content (AvgIpc) is 2.98. The van der Waals surface area contributed by atoms with E-state index in [-0.39, 0.29) is 4.90 Å². The summed E-state index contributed by atoms with van der Waals surface area (Å²) in [6.07, 6.45) is 1.32. The SMILES string of the molecule is CCOc1cc(C)c(S(=O)(=O)Nc2ccc3ocnc3c2)cc1C. The number of hydrogen-bond acceptors (Lipinski definition) is 5. The van der Waals surface area contributed by atoms with Crippen molar-refractivity contribution >= 4 is 26.8 Å². The van der Waals surface area contributed by atoms with Gasteiger partial charge in [-0.05, 0) is 62.2 Å². The number of nitrogens with one attached hydrogen (secondary N) is 1. The predicted octanol–water partition coefficient (Wildman–Crippen LogP) is 3.64. The molecule has 0 unspecified atom stereocenters. The van der Waals surface area contributed by atoms with E-state index < -0.39 is 10.0 Å². The minimum atomic E-state index is -3.71. The molecular weight excluding hydrogens is 328 g/mol. The van der Waals surface area contributed by atoms with Gasteiger partial charge in [0.05, 0.1) is 17.2 Å². The molecule has 0 aliphatic rings. The number of aryl methyl sites for hydroxylation is 2. The molecule has 3 aromatic rings. The molecule has 24 heavy (non-hydrogen) atoms. The summed E-state index contributed by atoms with van der Waals surface area (Å²) < 4.78 is 38.7.